The Kier molecular flexibility index (Phi) is 4.77. The highest BCUT2D eigenvalue weighted by molar-refractivity contribution is 5.79. The van der Waals surface area contributed by atoms with Gasteiger partial charge in [0.1, 0.15) is 0 Å². The predicted molar refractivity (Wildman–Crippen MR) is 79.0 cm³/mol. The Morgan fingerprint density at radius 3 is 2.74 bits per heavy atom. The molecular formula is C15H24N4. The first-order valence-electron chi connectivity index (χ1n) is 7.06. The van der Waals surface area contributed by atoms with E-state index in [1.165, 1.54) is 25.7 Å². The highest BCUT2D eigenvalue weighted by Crippen LogP contribution is 2.36. The van der Waals surface area contributed by atoms with Crippen LogP contribution in [0.2, 0.25) is 0 Å². The number of hydrogen-bond donors (Lipinski definition) is 2. The van der Waals surface area contributed by atoms with Gasteiger partial charge in [0.2, 0.25) is 0 Å². The maximum Gasteiger partial charge on any atom is 0.191 e. The number of aromatic nitrogens is 1. The minimum absolute atomic E-state index is 0.433. The van der Waals surface area contributed by atoms with Gasteiger partial charge in [0, 0.05) is 19.8 Å². The summed E-state index contributed by atoms with van der Waals surface area (Å²) in [5.74, 6) is 0.860. The van der Waals surface area contributed by atoms with E-state index in [4.69, 9.17) is 0 Å². The molecular weight excluding hydrogens is 236 g/mol. The second kappa shape index (κ2) is 6.55. The van der Waals surface area contributed by atoms with Gasteiger partial charge in [-0.05, 0) is 30.4 Å². The summed E-state index contributed by atoms with van der Waals surface area (Å²) >= 11 is 0. The summed E-state index contributed by atoms with van der Waals surface area (Å²) in [6.45, 7) is 4.06. The van der Waals surface area contributed by atoms with E-state index < -0.39 is 0 Å². The molecule has 1 aliphatic rings. The van der Waals surface area contributed by atoms with Gasteiger partial charge in [0.15, 0.2) is 5.96 Å². The Morgan fingerprint density at radius 1 is 1.32 bits per heavy atom. The van der Waals surface area contributed by atoms with Crippen LogP contribution in [0.25, 0.3) is 0 Å². The van der Waals surface area contributed by atoms with Crippen LogP contribution in [0.4, 0.5) is 0 Å². The van der Waals surface area contributed by atoms with Crippen LogP contribution < -0.4 is 10.6 Å². The number of nitrogens with zero attached hydrogens (tertiary/aromatic N) is 2. The molecule has 0 unspecified atom stereocenters. The van der Waals surface area contributed by atoms with Gasteiger partial charge in [0.05, 0.1) is 12.2 Å². The van der Waals surface area contributed by atoms with Crippen LogP contribution in [-0.4, -0.2) is 24.5 Å². The zero-order valence-corrected chi connectivity index (χ0v) is 11.9. The molecule has 4 heteroatoms. The van der Waals surface area contributed by atoms with E-state index in [0.29, 0.717) is 12.0 Å². The van der Waals surface area contributed by atoms with Crippen LogP contribution >= 0.6 is 0 Å². The van der Waals surface area contributed by atoms with E-state index in [2.05, 4.69) is 27.5 Å². The number of nitrogens with one attached hydrogen (secondary N) is 2. The Hall–Kier alpha value is -1.58. The Balaban J connectivity index is 1.78. The topological polar surface area (TPSA) is 49.3 Å². The van der Waals surface area contributed by atoms with Gasteiger partial charge in [-0.3, -0.25) is 9.98 Å². The van der Waals surface area contributed by atoms with E-state index >= 15 is 0 Å². The van der Waals surface area contributed by atoms with E-state index in [0.717, 1.165) is 18.2 Å². The molecule has 1 aromatic heterocycles. The Labute approximate surface area is 115 Å². The first-order chi connectivity index (χ1) is 9.22. The quantitative estimate of drug-likeness (QED) is 0.645. The molecule has 0 spiro atoms. The van der Waals surface area contributed by atoms with Crippen LogP contribution in [0.15, 0.2) is 29.4 Å². The molecule has 0 amide bonds. The van der Waals surface area contributed by atoms with Crippen molar-refractivity contribution in [3.63, 3.8) is 0 Å². The third kappa shape index (κ3) is 4.23. The Morgan fingerprint density at radius 2 is 2.11 bits per heavy atom. The van der Waals surface area contributed by atoms with E-state index in [1.54, 1.807) is 0 Å². The SMILES string of the molecule is CN=C(NCc1ccccn1)NCC1(C)CCCC1. The third-order valence-corrected chi connectivity index (χ3v) is 3.88. The number of hydrogen-bond acceptors (Lipinski definition) is 2. The Bertz CT molecular complexity index is 407. The van der Waals surface area contributed by atoms with E-state index in [9.17, 15) is 0 Å². The fourth-order valence-corrected chi connectivity index (χ4v) is 2.60. The highest BCUT2D eigenvalue weighted by Gasteiger charge is 2.28. The molecule has 0 aliphatic heterocycles. The molecule has 0 atom stereocenters. The van der Waals surface area contributed by atoms with E-state index in [-0.39, 0.29) is 0 Å². The number of pyridine rings is 1. The molecule has 0 radical (unpaired) electrons. The normalized spacial score (nSPS) is 18.3. The van der Waals surface area contributed by atoms with Crippen molar-refractivity contribution in [1.82, 2.24) is 15.6 Å². The lowest BCUT2D eigenvalue weighted by Crippen LogP contribution is -2.41. The van der Waals surface area contributed by atoms with Crippen molar-refractivity contribution < 1.29 is 0 Å². The molecule has 1 heterocycles. The van der Waals surface area contributed by atoms with Gasteiger partial charge < -0.3 is 10.6 Å². The summed E-state index contributed by atoms with van der Waals surface area (Å²) in [6, 6.07) is 5.94. The molecule has 2 rings (SSSR count). The fraction of sp³-hybridized carbons (Fsp3) is 0.600. The van der Waals surface area contributed by atoms with Crippen molar-refractivity contribution in [2.75, 3.05) is 13.6 Å². The molecule has 19 heavy (non-hydrogen) atoms. The lowest BCUT2D eigenvalue weighted by atomic mass is 9.89. The molecule has 0 saturated heterocycles. The van der Waals surface area contributed by atoms with Crippen molar-refractivity contribution in [1.29, 1.82) is 0 Å². The van der Waals surface area contributed by atoms with Gasteiger partial charge >= 0.3 is 0 Å². The smallest absolute Gasteiger partial charge is 0.191 e. The molecule has 1 fully saturated rings. The maximum atomic E-state index is 4.29. The summed E-state index contributed by atoms with van der Waals surface area (Å²) in [5, 5.41) is 6.74. The lowest BCUT2D eigenvalue weighted by molar-refractivity contribution is 0.334. The van der Waals surface area contributed by atoms with Gasteiger partial charge in [-0.1, -0.05) is 25.8 Å². The highest BCUT2D eigenvalue weighted by atomic mass is 15.2. The zero-order chi connectivity index (χ0) is 13.6. The second-order valence-electron chi connectivity index (χ2n) is 5.62. The molecule has 2 N–H and O–H groups in total. The number of aliphatic imine (C=N–C) groups is 1. The summed E-state index contributed by atoms with van der Waals surface area (Å²) < 4.78 is 0. The third-order valence-electron chi connectivity index (χ3n) is 3.88. The zero-order valence-electron chi connectivity index (χ0n) is 11.9. The average molecular weight is 260 g/mol. The standard InChI is InChI=1S/C15H24N4/c1-15(8-4-5-9-15)12-19-14(16-2)18-11-13-7-3-6-10-17-13/h3,6-7,10H,4-5,8-9,11-12H2,1-2H3,(H2,16,18,19). The minimum atomic E-state index is 0.433. The molecule has 1 aromatic rings. The van der Waals surface area contributed by atoms with Crippen molar-refractivity contribution >= 4 is 5.96 Å². The monoisotopic (exact) mass is 260 g/mol. The van der Waals surface area contributed by atoms with Crippen molar-refractivity contribution in [3.05, 3.63) is 30.1 Å². The fourth-order valence-electron chi connectivity index (χ4n) is 2.60. The first kappa shape index (κ1) is 13.8. The first-order valence-corrected chi connectivity index (χ1v) is 7.06. The van der Waals surface area contributed by atoms with Crippen molar-refractivity contribution in [2.24, 2.45) is 10.4 Å². The van der Waals surface area contributed by atoms with Crippen LogP contribution in [0.3, 0.4) is 0 Å². The van der Waals surface area contributed by atoms with E-state index in [1.807, 2.05) is 31.4 Å². The summed E-state index contributed by atoms with van der Waals surface area (Å²) in [7, 11) is 1.81. The molecule has 0 bridgehead atoms. The van der Waals surface area contributed by atoms with Gasteiger partial charge in [0.25, 0.3) is 0 Å². The largest absolute Gasteiger partial charge is 0.356 e. The average Bonchev–Trinajstić information content (AvgIpc) is 2.87. The van der Waals surface area contributed by atoms with Crippen LogP contribution in [-0.2, 0) is 6.54 Å². The molecule has 1 aliphatic carbocycles. The number of rotatable bonds is 4. The van der Waals surface area contributed by atoms with Crippen LogP contribution in [0.1, 0.15) is 38.3 Å². The predicted octanol–water partition coefficient (Wildman–Crippen LogP) is 2.33. The number of guanidine groups is 1. The van der Waals surface area contributed by atoms with Crippen LogP contribution in [0.5, 0.6) is 0 Å². The second-order valence-corrected chi connectivity index (χ2v) is 5.62. The minimum Gasteiger partial charge on any atom is -0.356 e. The molecule has 0 aromatic carbocycles. The molecule has 4 nitrogen and oxygen atoms in total. The molecule has 1 saturated carbocycles. The summed E-state index contributed by atoms with van der Waals surface area (Å²) in [6.07, 6.45) is 7.16. The summed E-state index contributed by atoms with van der Waals surface area (Å²) in [4.78, 5) is 8.55. The van der Waals surface area contributed by atoms with Crippen molar-refractivity contribution in [2.45, 2.75) is 39.2 Å². The van der Waals surface area contributed by atoms with Gasteiger partial charge in [-0.15, -0.1) is 0 Å². The summed E-state index contributed by atoms with van der Waals surface area (Å²) in [5.41, 5.74) is 1.46. The van der Waals surface area contributed by atoms with Crippen LogP contribution in [0, 0.1) is 5.41 Å². The van der Waals surface area contributed by atoms with Crippen molar-refractivity contribution in [3.8, 4) is 0 Å². The lowest BCUT2D eigenvalue weighted by Gasteiger charge is -2.25. The van der Waals surface area contributed by atoms with Gasteiger partial charge in [-0.2, -0.15) is 0 Å². The van der Waals surface area contributed by atoms with Gasteiger partial charge in [-0.25, -0.2) is 0 Å². The molecule has 104 valence electrons. The maximum absolute atomic E-state index is 4.29.